The maximum Gasteiger partial charge on any atom is 0.247 e. The van der Waals surface area contributed by atoms with Crippen molar-refractivity contribution in [1.29, 1.82) is 0 Å². The van der Waals surface area contributed by atoms with Crippen LogP contribution in [0.3, 0.4) is 0 Å². The van der Waals surface area contributed by atoms with E-state index in [0.29, 0.717) is 30.0 Å². The van der Waals surface area contributed by atoms with Crippen LogP contribution in [0.4, 0.5) is 21.5 Å². The van der Waals surface area contributed by atoms with Gasteiger partial charge in [0, 0.05) is 11.4 Å². The number of primary amides is 1. The zero-order chi connectivity index (χ0) is 22.2. The Hall–Kier alpha value is -3.72. The molecule has 1 aromatic heterocycles. The summed E-state index contributed by atoms with van der Waals surface area (Å²) in [7, 11) is 0. The second-order valence-corrected chi connectivity index (χ2v) is 7.40. The third-order valence-electron chi connectivity index (χ3n) is 5.03. The maximum absolute atomic E-state index is 13.4. The number of nitrogen functional groups attached to an aromatic ring is 1. The molecule has 4 N–H and O–H groups in total. The Bertz CT molecular complexity index is 1150. The number of hydrogen-bond acceptors (Lipinski definition) is 6. The number of nitrogens with zero attached hydrogens (tertiary/aromatic N) is 3. The largest absolute Gasteiger partial charge is 0.437 e. The average molecular weight is 442 g/mol. The molecule has 0 radical (unpaired) electrons. The van der Waals surface area contributed by atoms with Crippen LogP contribution in [0.2, 0.25) is 5.15 Å². The Kier molecular flexibility index (Phi) is 5.20. The van der Waals surface area contributed by atoms with Gasteiger partial charge in [0.05, 0.1) is 0 Å². The fraction of sp³-hybridized carbons (Fsp3) is 0.143. The summed E-state index contributed by atoms with van der Waals surface area (Å²) in [5.41, 5.74) is 11.0. The second-order valence-electron chi connectivity index (χ2n) is 7.04. The number of aromatic nitrogens is 2. The van der Waals surface area contributed by atoms with Crippen molar-refractivity contribution < 1.29 is 18.7 Å². The van der Waals surface area contributed by atoms with Crippen molar-refractivity contribution in [1.82, 2.24) is 9.97 Å². The molecule has 0 atom stereocenters. The lowest BCUT2D eigenvalue weighted by Crippen LogP contribution is -2.41. The number of carbonyl (C=O) groups is 2. The van der Waals surface area contributed by atoms with Gasteiger partial charge in [0.15, 0.2) is 5.15 Å². The summed E-state index contributed by atoms with van der Waals surface area (Å²) < 4.78 is 19.1. The number of ether oxygens (including phenoxy) is 1. The second kappa shape index (κ2) is 7.84. The quantitative estimate of drug-likeness (QED) is 0.445. The molecule has 1 fully saturated rings. The van der Waals surface area contributed by atoms with Gasteiger partial charge in [-0.2, -0.15) is 4.98 Å². The molecule has 8 nitrogen and oxygen atoms in total. The van der Waals surface area contributed by atoms with E-state index in [-0.39, 0.29) is 16.7 Å². The predicted octanol–water partition coefficient (Wildman–Crippen LogP) is 3.57. The van der Waals surface area contributed by atoms with E-state index in [0.717, 1.165) is 0 Å². The van der Waals surface area contributed by atoms with E-state index in [2.05, 4.69) is 9.97 Å². The van der Waals surface area contributed by atoms with Gasteiger partial charge in [-0.05, 0) is 61.4 Å². The number of amides is 2. The standard InChI is InChI=1S/C21H17ClFN5O3/c22-17-16(24)18(27-11-26-17)31-15-7-5-14(6-8-15)28(13-3-1-12(23)2-4-13)20(30)21(9-10-21)19(25)29/h1-8,11H,9-10,24H2,(H2,25,29). The first kappa shape index (κ1) is 20.5. The SMILES string of the molecule is NC(=O)C1(C(=O)N(c2ccc(F)cc2)c2ccc(Oc3ncnc(Cl)c3N)cc2)CC1. The summed E-state index contributed by atoms with van der Waals surface area (Å²) in [6.45, 7) is 0. The summed E-state index contributed by atoms with van der Waals surface area (Å²) in [5.74, 6) is -1.12. The number of rotatable bonds is 6. The van der Waals surface area contributed by atoms with Crippen molar-refractivity contribution >= 4 is 40.5 Å². The van der Waals surface area contributed by atoms with Crippen LogP contribution >= 0.6 is 11.6 Å². The Balaban J connectivity index is 1.67. The molecule has 0 bridgehead atoms. The highest BCUT2D eigenvalue weighted by Crippen LogP contribution is 2.49. The number of halogens is 2. The van der Waals surface area contributed by atoms with Crippen LogP contribution in [0, 0.1) is 11.2 Å². The molecule has 1 aliphatic carbocycles. The van der Waals surface area contributed by atoms with Gasteiger partial charge >= 0.3 is 0 Å². The van der Waals surface area contributed by atoms with Crippen LogP contribution in [0.5, 0.6) is 11.6 Å². The first-order valence-electron chi connectivity index (χ1n) is 9.26. The molecule has 31 heavy (non-hydrogen) atoms. The minimum Gasteiger partial charge on any atom is -0.437 e. The van der Waals surface area contributed by atoms with Gasteiger partial charge in [-0.1, -0.05) is 11.6 Å². The zero-order valence-corrected chi connectivity index (χ0v) is 16.8. The fourth-order valence-corrected chi connectivity index (χ4v) is 3.22. The molecule has 1 aliphatic rings. The molecular weight excluding hydrogens is 425 g/mol. The molecule has 1 heterocycles. The molecule has 10 heteroatoms. The molecule has 0 unspecified atom stereocenters. The van der Waals surface area contributed by atoms with Gasteiger partial charge in [-0.15, -0.1) is 0 Å². The van der Waals surface area contributed by atoms with E-state index in [9.17, 15) is 14.0 Å². The van der Waals surface area contributed by atoms with Crippen molar-refractivity contribution in [3.63, 3.8) is 0 Å². The van der Waals surface area contributed by atoms with Crippen molar-refractivity contribution in [3.05, 3.63) is 65.8 Å². The highest BCUT2D eigenvalue weighted by Gasteiger charge is 2.57. The summed E-state index contributed by atoms with van der Waals surface area (Å²) in [5, 5.41) is 0.0656. The third kappa shape index (κ3) is 3.87. The Morgan fingerprint density at radius 1 is 1.03 bits per heavy atom. The lowest BCUT2D eigenvalue weighted by atomic mass is 10.0. The van der Waals surface area contributed by atoms with Crippen molar-refractivity contribution in [2.45, 2.75) is 12.8 Å². The number of benzene rings is 2. The van der Waals surface area contributed by atoms with Crippen LogP contribution in [0.25, 0.3) is 0 Å². The molecule has 0 spiro atoms. The van der Waals surface area contributed by atoms with E-state index >= 15 is 0 Å². The normalized spacial score (nSPS) is 14.0. The molecule has 0 saturated heterocycles. The molecule has 3 aromatic rings. The molecule has 4 rings (SSSR count). The first-order valence-corrected chi connectivity index (χ1v) is 9.63. The zero-order valence-electron chi connectivity index (χ0n) is 16.1. The van der Waals surface area contributed by atoms with Crippen LogP contribution in [0.15, 0.2) is 54.9 Å². The lowest BCUT2D eigenvalue weighted by Gasteiger charge is -2.26. The van der Waals surface area contributed by atoms with Crippen molar-refractivity contribution in [2.24, 2.45) is 11.1 Å². The number of nitrogens with two attached hydrogens (primary N) is 2. The molecular formula is C21H17ClFN5O3. The topological polar surface area (TPSA) is 124 Å². The summed E-state index contributed by atoms with van der Waals surface area (Å²) in [6, 6.07) is 11.8. The van der Waals surface area contributed by atoms with Crippen LogP contribution in [-0.4, -0.2) is 21.8 Å². The van der Waals surface area contributed by atoms with Gasteiger partial charge in [0.2, 0.25) is 17.7 Å². The van der Waals surface area contributed by atoms with Crippen molar-refractivity contribution in [2.75, 3.05) is 10.6 Å². The van der Waals surface area contributed by atoms with E-state index in [1.165, 1.54) is 35.5 Å². The van der Waals surface area contributed by atoms with E-state index < -0.39 is 23.0 Å². The van der Waals surface area contributed by atoms with Crippen LogP contribution in [-0.2, 0) is 9.59 Å². The van der Waals surface area contributed by atoms with Gasteiger partial charge in [-0.25, -0.2) is 9.37 Å². The summed E-state index contributed by atoms with van der Waals surface area (Å²) in [4.78, 5) is 34.2. The minimum atomic E-state index is -1.25. The van der Waals surface area contributed by atoms with Crippen LogP contribution in [0.1, 0.15) is 12.8 Å². The lowest BCUT2D eigenvalue weighted by molar-refractivity contribution is -0.133. The molecule has 2 aromatic carbocycles. The Morgan fingerprint density at radius 2 is 1.61 bits per heavy atom. The molecule has 2 amide bonds. The van der Waals surface area contributed by atoms with E-state index in [1.54, 1.807) is 24.3 Å². The molecule has 0 aliphatic heterocycles. The van der Waals surface area contributed by atoms with Gasteiger partial charge in [0.1, 0.15) is 29.0 Å². The highest BCUT2D eigenvalue weighted by atomic mass is 35.5. The number of anilines is 3. The first-order chi connectivity index (χ1) is 14.8. The smallest absolute Gasteiger partial charge is 0.247 e. The summed E-state index contributed by atoms with van der Waals surface area (Å²) in [6.07, 6.45) is 1.96. The third-order valence-corrected chi connectivity index (χ3v) is 5.33. The van der Waals surface area contributed by atoms with Crippen LogP contribution < -0.4 is 21.1 Å². The van der Waals surface area contributed by atoms with Gasteiger partial charge in [-0.3, -0.25) is 14.5 Å². The Morgan fingerprint density at radius 3 is 2.16 bits per heavy atom. The summed E-state index contributed by atoms with van der Waals surface area (Å²) >= 11 is 5.87. The predicted molar refractivity (Wildman–Crippen MR) is 112 cm³/mol. The number of hydrogen-bond donors (Lipinski definition) is 2. The van der Waals surface area contributed by atoms with Crippen molar-refractivity contribution in [3.8, 4) is 11.6 Å². The number of carbonyl (C=O) groups excluding carboxylic acids is 2. The average Bonchev–Trinajstić information content (AvgIpc) is 3.56. The maximum atomic E-state index is 13.4. The van der Waals surface area contributed by atoms with E-state index in [4.69, 9.17) is 27.8 Å². The fourth-order valence-electron chi connectivity index (χ4n) is 3.09. The minimum absolute atomic E-state index is 0.0656. The highest BCUT2D eigenvalue weighted by molar-refractivity contribution is 6.32. The van der Waals surface area contributed by atoms with E-state index in [1.807, 2.05) is 0 Å². The monoisotopic (exact) mass is 441 g/mol. The van der Waals surface area contributed by atoms with Gasteiger partial charge < -0.3 is 16.2 Å². The Labute approximate surface area is 181 Å². The molecule has 158 valence electrons. The van der Waals surface area contributed by atoms with Gasteiger partial charge in [0.25, 0.3) is 0 Å². The molecule has 1 saturated carbocycles.